The maximum atomic E-state index is 12.5. The number of rotatable bonds is 7. The molecule has 2 aromatic rings. The van der Waals surface area contributed by atoms with Crippen molar-refractivity contribution in [3.8, 4) is 0 Å². The first-order valence-corrected chi connectivity index (χ1v) is 8.27. The Morgan fingerprint density at radius 2 is 1.83 bits per heavy atom. The van der Waals surface area contributed by atoms with Crippen LogP contribution >= 0.6 is 0 Å². The fraction of sp³-hybridized carbons (Fsp3) is 0.350. The van der Waals surface area contributed by atoms with E-state index >= 15 is 0 Å². The van der Waals surface area contributed by atoms with E-state index in [1.165, 1.54) is 5.56 Å². The van der Waals surface area contributed by atoms with Gasteiger partial charge in [-0.3, -0.25) is 4.79 Å². The summed E-state index contributed by atoms with van der Waals surface area (Å²) in [5, 5.41) is 12.6. The largest absolute Gasteiger partial charge is 0.394 e. The molecule has 0 bridgehead atoms. The molecule has 0 saturated heterocycles. The Hall–Kier alpha value is -2.17. The third kappa shape index (κ3) is 4.91. The minimum atomic E-state index is -0.402. The Bertz CT molecular complexity index is 666. The molecular formula is C20H26N2O2. The third-order valence-electron chi connectivity index (χ3n) is 3.97. The number of carbonyl (C=O) groups is 1. The summed E-state index contributed by atoms with van der Waals surface area (Å²) in [7, 11) is 3.99. The average molecular weight is 326 g/mol. The molecule has 0 aromatic heterocycles. The van der Waals surface area contributed by atoms with Crippen molar-refractivity contribution in [2.24, 2.45) is 0 Å². The molecule has 0 fully saturated rings. The molecule has 0 saturated carbocycles. The fourth-order valence-electron chi connectivity index (χ4n) is 2.64. The lowest BCUT2D eigenvalue weighted by Crippen LogP contribution is -2.30. The Morgan fingerprint density at radius 1 is 1.12 bits per heavy atom. The summed E-state index contributed by atoms with van der Waals surface area (Å²) in [6.07, 6.45) is 0.967. The van der Waals surface area contributed by atoms with Gasteiger partial charge in [-0.25, -0.2) is 0 Å². The molecule has 0 aliphatic carbocycles. The third-order valence-corrected chi connectivity index (χ3v) is 3.97. The second-order valence-corrected chi connectivity index (χ2v) is 6.24. The molecule has 0 aliphatic rings. The van der Waals surface area contributed by atoms with Crippen LogP contribution in [-0.4, -0.2) is 36.6 Å². The molecule has 4 heteroatoms. The maximum absolute atomic E-state index is 12.5. The molecule has 2 rings (SSSR count). The molecule has 1 unspecified atom stereocenters. The second kappa shape index (κ2) is 8.62. The lowest BCUT2D eigenvalue weighted by atomic mass is 10.0. The molecule has 0 spiro atoms. The number of hydrogen-bond acceptors (Lipinski definition) is 3. The van der Waals surface area contributed by atoms with Crippen molar-refractivity contribution in [2.75, 3.05) is 20.7 Å². The lowest BCUT2D eigenvalue weighted by molar-refractivity contribution is 0.0916. The summed E-state index contributed by atoms with van der Waals surface area (Å²) >= 11 is 0. The number of nitrogens with one attached hydrogen (secondary N) is 1. The molecule has 1 amide bonds. The van der Waals surface area contributed by atoms with E-state index in [1.807, 2.05) is 56.6 Å². The molecule has 4 nitrogen and oxygen atoms in total. The van der Waals surface area contributed by atoms with E-state index in [0.717, 1.165) is 24.1 Å². The Labute approximate surface area is 144 Å². The number of benzene rings is 2. The van der Waals surface area contributed by atoms with E-state index in [1.54, 1.807) is 6.07 Å². The Morgan fingerprint density at radius 3 is 2.42 bits per heavy atom. The highest BCUT2D eigenvalue weighted by molar-refractivity contribution is 5.94. The predicted octanol–water partition coefficient (Wildman–Crippen LogP) is 2.77. The van der Waals surface area contributed by atoms with Crippen molar-refractivity contribution in [1.29, 1.82) is 0 Å². The van der Waals surface area contributed by atoms with Crippen LogP contribution in [0.3, 0.4) is 0 Å². The van der Waals surface area contributed by atoms with E-state index < -0.39 is 6.04 Å². The zero-order valence-electron chi connectivity index (χ0n) is 14.6. The van der Waals surface area contributed by atoms with Crippen LogP contribution in [0.1, 0.15) is 40.0 Å². The second-order valence-electron chi connectivity index (χ2n) is 6.24. The molecule has 2 aromatic carbocycles. The van der Waals surface area contributed by atoms with Gasteiger partial charge in [0.15, 0.2) is 0 Å². The van der Waals surface area contributed by atoms with E-state index in [2.05, 4.69) is 17.1 Å². The number of nitrogens with zero attached hydrogens (tertiary/aromatic N) is 1. The van der Waals surface area contributed by atoms with Gasteiger partial charge in [-0.2, -0.15) is 0 Å². The normalized spacial score (nSPS) is 12.2. The van der Waals surface area contributed by atoms with Crippen LogP contribution in [0.25, 0.3) is 0 Å². The molecule has 1 atom stereocenters. The van der Waals surface area contributed by atoms with Crippen molar-refractivity contribution >= 4 is 5.91 Å². The van der Waals surface area contributed by atoms with Gasteiger partial charge in [0, 0.05) is 12.1 Å². The number of aliphatic hydroxyl groups excluding tert-OH is 1. The van der Waals surface area contributed by atoms with Crippen molar-refractivity contribution < 1.29 is 9.90 Å². The van der Waals surface area contributed by atoms with Gasteiger partial charge in [0.2, 0.25) is 0 Å². The maximum Gasteiger partial charge on any atom is 0.251 e. The van der Waals surface area contributed by atoms with Crippen molar-refractivity contribution in [2.45, 2.75) is 25.9 Å². The van der Waals surface area contributed by atoms with Gasteiger partial charge in [-0.1, -0.05) is 43.3 Å². The quantitative estimate of drug-likeness (QED) is 0.822. The lowest BCUT2D eigenvalue weighted by Gasteiger charge is -2.18. The highest BCUT2D eigenvalue weighted by Crippen LogP contribution is 2.15. The van der Waals surface area contributed by atoms with Gasteiger partial charge >= 0.3 is 0 Å². The van der Waals surface area contributed by atoms with Crippen LogP contribution in [0.15, 0.2) is 48.5 Å². The number of aryl methyl sites for hydroxylation is 1. The van der Waals surface area contributed by atoms with E-state index in [0.29, 0.717) is 5.56 Å². The van der Waals surface area contributed by atoms with Crippen LogP contribution in [0.2, 0.25) is 0 Å². The van der Waals surface area contributed by atoms with Crippen LogP contribution in [0.4, 0.5) is 0 Å². The first-order valence-electron chi connectivity index (χ1n) is 8.27. The molecule has 0 aliphatic heterocycles. The summed E-state index contributed by atoms with van der Waals surface area (Å²) in [5.41, 5.74) is 3.84. The summed E-state index contributed by atoms with van der Waals surface area (Å²) in [4.78, 5) is 14.6. The van der Waals surface area contributed by atoms with Crippen molar-refractivity contribution in [3.63, 3.8) is 0 Å². The van der Waals surface area contributed by atoms with Crippen LogP contribution in [0, 0.1) is 0 Å². The molecule has 0 radical (unpaired) electrons. The summed E-state index contributed by atoms with van der Waals surface area (Å²) in [6.45, 7) is 2.75. The van der Waals surface area contributed by atoms with Crippen LogP contribution < -0.4 is 5.32 Å². The number of aliphatic hydroxyl groups is 1. The molecule has 0 heterocycles. The molecule has 24 heavy (non-hydrogen) atoms. The minimum absolute atomic E-state index is 0.130. The van der Waals surface area contributed by atoms with E-state index in [9.17, 15) is 9.90 Å². The van der Waals surface area contributed by atoms with Crippen LogP contribution in [-0.2, 0) is 13.0 Å². The topological polar surface area (TPSA) is 52.6 Å². The predicted molar refractivity (Wildman–Crippen MR) is 96.9 cm³/mol. The molecular weight excluding hydrogens is 300 g/mol. The van der Waals surface area contributed by atoms with Gasteiger partial charge in [-0.15, -0.1) is 0 Å². The minimum Gasteiger partial charge on any atom is -0.394 e. The van der Waals surface area contributed by atoms with Crippen molar-refractivity contribution in [1.82, 2.24) is 10.2 Å². The van der Waals surface area contributed by atoms with E-state index in [-0.39, 0.29) is 12.5 Å². The van der Waals surface area contributed by atoms with E-state index in [4.69, 9.17) is 0 Å². The number of carbonyl (C=O) groups excluding carboxylic acids is 1. The highest BCUT2D eigenvalue weighted by atomic mass is 16.3. The van der Waals surface area contributed by atoms with Gasteiger partial charge in [0.25, 0.3) is 5.91 Å². The summed E-state index contributed by atoms with van der Waals surface area (Å²) in [6, 6.07) is 15.2. The van der Waals surface area contributed by atoms with Gasteiger partial charge in [0.05, 0.1) is 12.6 Å². The zero-order chi connectivity index (χ0) is 17.5. The molecule has 2 N–H and O–H groups in total. The zero-order valence-corrected chi connectivity index (χ0v) is 14.6. The molecule has 128 valence electrons. The standard InChI is InChI=1S/C20H26N2O2/c1-4-15-8-10-17(11-9-15)19(14-23)21-20(24)18-7-5-6-16(12-18)13-22(2)3/h5-12,19,23H,4,13-14H2,1-3H3,(H,21,24). The highest BCUT2D eigenvalue weighted by Gasteiger charge is 2.15. The van der Waals surface area contributed by atoms with Gasteiger partial charge in [-0.05, 0) is 49.3 Å². The number of amides is 1. The van der Waals surface area contributed by atoms with Gasteiger partial charge in [0.1, 0.15) is 0 Å². The van der Waals surface area contributed by atoms with Gasteiger partial charge < -0.3 is 15.3 Å². The number of hydrogen-bond donors (Lipinski definition) is 2. The Balaban J connectivity index is 2.11. The first kappa shape index (κ1) is 18.2. The SMILES string of the molecule is CCc1ccc(C(CO)NC(=O)c2cccc(CN(C)C)c2)cc1. The Kier molecular flexibility index (Phi) is 6.53. The summed E-state index contributed by atoms with van der Waals surface area (Å²) < 4.78 is 0. The van der Waals surface area contributed by atoms with Crippen molar-refractivity contribution in [3.05, 3.63) is 70.8 Å². The average Bonchev–Trinajstić information content (AvgIpc) is 2.59. The van der Waals surface area contributed by atoms with Crippen LogP contribution in [0.5, 0.6) is 0 Å². The monoisotopic (exact) mass is 326 g/mol. The smallest absolute Gasteiger partial charge is 0.251 e. The first-order chi connectivity index (χ1) is 11.5. The fourth-order valence-corrected chi connectivity index (χ4v) is 2.64. The summed E-state index contributed by atoms with van der Waals surface area (Å²) in [5.74, 6) is -0.172.